The molecule has 3 aromatic rings. The van der Waals surface area contributed by atoms with Gasteiger partial charge in [0.1, 0.15) is 5.75 Å². The van der Waals surface area contributed by atoms with Crippen molar-refractivity contribution < 1.29 is 18.7 Å². The molecule has 1 N–H and O–H groups in total. The molecule has 2 amide bonds. The normalized spacial score (nSPS) is 11.1. The number of hydrogen-bond acceptors (Lipinski definition) is 6. The number of aromatic nitrogens is 1. The van der Waals surface area contributed by atoms with Crippen molar-refractivity contribution in [3.63, 3.8) is 0 Å². The fourth-order valence-electron chi connectivity index (χ4n) is 3.15. The predicted molar refractivity (Wildman–Crippen MR) is 125 cm³/mol. The number of methoxy groups -OCH3 is 1. The van der Waals surface area contributed by atoms with E-state index in [1.807, 2.05) is 25.9 Å². The van der Waals surface area contributed by atoms with E-state index in [-0.39, 0.29) is 38.5 Å². The molecule has 0 saturated carbocycles. The summed E-state index contributed by atoms with van der Waals surface area (Å²) in [6, 6.07) is 4.79. The van der Waals surface area contributed by atoms with Crippen LogP contribution < -0.4 is 10.1 Å². The molecule has 2 heterocycles. The lowest BCUT2D eigenvalue weighted by Gasteiger charge is -2.21. The van der Waals surface area contributed by atoms with Gasteiger partial charge in [-0.2, -0.15) is 0 Å². The van der Waals surface area contributed by atoms with Crippen molar-refractivity contribution in [2.45, 2.75) is 6.92 Å². The Morgan fingerprint density at radius 2 is 1.84 bits per heavy atom. The number of carbonyl (C=O) groups is 2. The van der Waals surface area contributed by atoms with Crippen LogP contribution in [0, 0.1) is 0 Å². The second-order valence-corrected chi connectivity index (χ2v) is 8.10. The average molecular weight is 479 g/mol. The molecular formula is C22H24Cl2N4O4. The number of likely N-dealkylation sites (N-methyl/N-ethyl adjacent to an activating group) is 2. The van der Waals surface area contributed by atoms with Gasteiger partial charge in [-0.05, 0) is 33.2 Å². The number of halogens is 2. The number of amides is 2. The highest BCUT2D eigenvalue weighted by Gasteiger charge is 2.24. The number of nitrogens with zero attached hydrogens (tertiary/aromatic N) is 3. The van der Waals surface area contributed by atoms with Gasteiger partial charge in [0, 0.05) is 38.1 Å². The van der Waals surface area contributed by atoms with Crippen molar-refractivity contribution in [1.29, 1.82) is 0 Å². The van der Waals surface area contributed by atoms with E-state index in [0.29, 0.717) is 30.8 Å². The highest BCUT2D eigenvalue weighted by Crippen LogP contribution is 2.34. The quantitative estimate of drug-likeness (QED) is 0.515. The Hall–Kier alpha value is -2.81. The molecule has 0 unspecified atom stereocenters. The minimum atomic E-state index is -0.499. The molecule has 8 nitrogen and oxygen atoms in total. The molecule has 0 spiro atoms. The molecule has 0 saturated heterocycles. The Morgan fingerprint density at radius 1 is 1.16 bits per heavy atom. The number of carbonyl (C=O) groups excluding carboxylic acids is 2. The van der Waals surface area contributed by atoms with Crippen LogP contribution in [-0.4, -0.2) is 67.4 Å². The topological polar surface area (TPSA) is 87.9 Å². The Balaban J connectivity index is 1.99. The van der Waals surface area contributed by atoms with E-state index < -0.39 is 5.91 Å². The first-order valence-corrected chi connectivity index (χ1v) is 10.7. The molecule has 32 heavy (non-hydrogen) atoms. The summed E-state index contributed by atoms with van der Waals surface area (Å²) < 4.78 is 11.3. The van der Waals surface area contributed by atoms with E-state index in [1.54, 1.807) is 23.1 Å². The third-order valence-corrected chi connectivity index (χ3v) is 5.47. The Kier molecular flexibility index (Phi) is 7.60. The van der Waals surface area contributed by atoms with E-state index in [4.69, 9.17) is 32.4 Å². The maximum absolute atomic E-state index is 13.0. The van der Waals surface area contributed by atoms with Gasteiger partial charge < -0.3 is 24.3 Å². The first-order valence-electron chi connectivity index (χ1n) is 9.91. The fraction of sp³-hybridized carbons (Fsp3) is 0.318. The zero-order valence-electron chi connectivity index (χ0n) is 18.2. The summed E-state index contributed by atoms with van der Waals surface area (Å²) in [4.78, 5) is 33.6. The number of fused-ring (bicyclic) bond motifs is 1. The highest BCUT2D eigenvalue weighted by molar-refractivity contribution is 6.39. The van der Waals surface area contributed by atoms with Crippen LogP contribution in [0.15, 0.2) is 35.0 Å². The van der Waals surface area contributed by atoms with Crippen LogP contribution in [0.1, 0.15) is 27.8 Å². The number of ether oxygens (including phenoxy) is 1. The van der Waals surface area contributed by atoms with E-state index in [9.17, 15) is 9.59 Å². The minimum absolute atomic E-state index is 0.124. The number of rotatable bonds is 8. The number of hydrogen-bond donors (Lipinski definition) is 1. The molecule has 0 bridgehead atoms. The van der Waals surface area contributed by atoms with E-state index in [0.717, 1.165) is 0 Å². The summed E-state index contributed by atoms with van der Waals surface area (Å²) in [6.45, 7) is 3.68. The fourth-order valence-corrected chi connectivity index (χ4v) is 3.61. The minimum Gasteiger partial charge on any atom is -0.496 e. The molecular weight excluding hydrogens is 455 g/mol. The van der Waals surface area contributed by atoms with E-state index in [2.05, 4.69) is 10.3 Å². The summed E-state index contributed by atoms with van der Waals surface area (Å²) >= 11 is 12.2. The van der Waals surface area contributed by atoms with Crippen molar-refractivity contribution in [1.82, 2.24) is 14.8 Å². The molecule has 3 rings (SSSR count). The van der Waals surface area contributed by atoms with Gasteiger partial charge in [0.25, 0.3) is 11.8 Å². The zero-order valence-corrected chi connectivity index (χ0v) is 19.8. The van der Waals surface area contributed by atoms with Crippen LogP contribution in [-0.2, 0) is 0 Å². The Bertz CT molecular complexity index is 1130. The monoisotopic (exact) mass is 478 g/mol. The molecule has 10 heteroatoms. The maximum atomic E-state index is 13.0. The number of nitrogens with one attached hydrogen (secondary N) is 1. The van der Waals surface area contributed by atoms with Crippen molar-refractivity contribution in [3.05, 3.63) is 52.0 Å². The summed E-state index contributed by atoms with van der Waals surface area (Å²) in [7, 11) is 5.39. The number of anilines is 1. The van der Waals surface area contributed by atoms with Crippen molar-refractivity contribution in [2.24, 2.45) is 0 Å². The number of furan rings is 1. The van der Waals surface area contributed by atoms with Gasteiger partial charge in [-0.1, -0.05) is 23.2 Å². The zero-order chi connectivity index (χ0) is 23.4. The lowest BCUT2D eigenvalue weighted by atomic mass is 10.1. The highest BCUT2D eigenvalue weighted by atomic mass is 35.5. The summed E-state index contributed by atoms with van der Waals surface area (Å²) in [6.07, 6.45) is 2.76. The summed E-state index contributed by atoms with van der Waals surface area (Å²) in [5.74, 6) is -0.157. The van der Waals surface area contributed by atoms with E-state index in [1.165, 1.54) is 19.5 Å². The average Bonchev–Trinajstić information content (AvgIpc) is 3.21. The van der Waals surface area contributed by atoms with Crippen LogP contribution in [0.3, 0.4) is 0 Å². The second-order valence-electron chi connectivity index (χ2n) is 7.29. The lowest BCUT2D eigenvalue weighted by molar-refractivity contribution is 0.0724. The first-order chi connectivity index (χ1) is 15.3. The van der Waals surface area contributed by atoms with Gasteiger partial charge in [0.05, 0.1) is 33.8 Å². The van der Waals surface area contributed by atoms with Crippen molar-refractivity contribution in [2.75, 3.05) is 46.2 Å². The van der Waals surface area contributed by atoms with Crippen LogP contribution in [0.4, 0.5) is 5.69 Å². The molecule has 2 aromatic heterocycles. The van der Waals surface area contributed by atoms with Gasteiger partial charge in [-0.3, -0.25) is 14.6 Å². The smallest absolute Gasteiger partial charge is 0.289 e. The van der Waals surface area contributed by atoms with Gasteiger partial charge >= 0.3 is 0 Å². The summed E-state index contributed by atoms with van der Waals surface area (Å²) in [5.41, 5.74) is 0.677. The third-order valence-electron chi connectivity index (χ3n) is 4.90. The van der Waals surface area contributed by atoms with Crippen LogP contribution in [0.2, 0.25) is 10.0 Å². The molecule has 0 aliphatic carbocycles. The molecule has 0 aliphatic rings. The second kappa shape index (κ2) is 10.2. The van der Waals surface area contributed by atoms with E-state index >= 15 is 0 Å². The molecule has 0 aliphatic heterocycles. The van der Waals surface area contributed by atoms with Gasteiger partial charge in [0.2, 0.25) is 0 Å². The van der Waals surface area contributed by atoms with Crippen LogP contribution in [0.5, 0.6) is 5.75 Å². The van der Waals surface area contributed by atoms with Gasteiger partial charge in [0.15, 0.2) is 11.3 Å². The summed E-state index contributed by atoms with van der Waals surface area (Å²) in [5, 5.41) is 3.60. The largest absolute Gasteiger partial charge is 0.496 e. The molecule has 0 atom stereocenters. The Morgan fingerprint density at radius 3 is 2.44 bits per heavy atom. The predicted octanol–water partition coefficient (Wildman–Crippen LogP) is 4.42. The number of benzene rings is 1. The first kappa shape index (κ1) is 23.8. The van der Waals surface area contributed by atoms with Crippen LogP contribution >= 0.6 is 23.2 Å². The maximum Gasteiger partial charge on any atom is 0.289 e. The number of pyridine rings is 1. The lowest BCUT2D eigenvalue weighted by Crippen LogP contribution is -2.36. The standard InChI is InChI=1S/C22H24Cl2N4O4/c1-5-28(9-8-27(2)3)22(30)18-10-14-17(31-4)7-6-13(20(14)32-18)21(29)26-19-15(23)11-25-12-16(19)24/h6-7,10-12H,5,8-9H2,1-4H3,(H,25,26,29). The van der Waals surface area contributed by atoms with Gasteiger partial charge in [-0.15, -0.1) is 0 Å². The third kappa shape index (κ3) is 4.98. The SMILES string of the molecule is CCN(CCN(C)C)C(=O)c1cc2c(OC)ccc(C(=O)Nc3c(Cl)cncc3Cl)c2o1. The van der Waals surface area contributed by atoms with Crippen LogP contribution in [0.25, 0.3) is 11.0 Å². The molecule has 170 valence electrons. The van der Waals surface area contributed by atoms with Crippen molar-refractivity contribution in [3.8, 4) is 5.75 Å². The molecule has 1 aromatic carbocycles. The Labute approximate surface area is 196 Å². The molecule has 0 radical (unpaired) electrons. The van der Waals surface area contributed by atoms with Crippen molar-refractivity contribution >= 4 is 51.7 Å². The molecule has 0 fully saturated rings. The van der Waals surface area contributed by atoms with Gasteiger partial charge in [-0.25, -0.2) is 0 Å².